The monoisotopic (exact) mass is 447 g/mol. The largest absolute Gasteiger partial charge is 0.381 e. The molecule has 2 heterocycles. The third kappa shape index (κ3) is 7.27. The molecule has 10 heteroatoms. The van der Waals surface area contributed by atoms with Crippen molar-refractivity contribution in [2.75, 3.05) is 19.8 Å². The lowest BCUT2D eigenvalue weighted by atomic mass is 10.1. The molecule has 1 aromatic heterocycles. The Morgan fingerprint density at radius 3 is 2.88 bits per heavy atom. The molecule has 1 fully saturated rings. The molecule has 2 rings (SSSR count). The molecule has 0 radical (unpaired) electrons. The van der Waals surface area contributed by atoms with E-state index in [2.05, 4.69) is 20.5 Å². The predicted molar refractivity (Wildman–Crippen MR) is 115 cm³/mol. The van der Waals surface area contributed by atoms with Gasteiger partial charge in [-0.3, -0.25) is 29.1 Å². The van der Waals surface area contributed by atoms with E-state index in [9.17, 15) is 18.8 Å². The molecule has 0 spiro atoms. The lowest BCUT2D eigenvalue weighted by Crippen LogP contribution is -2.48. The number of halogens is 1. The number of rotatable bonds is 10. The molecule has 0 bridgehead atoms. The van der Waals surface area contributed by atoms with Gasteiger partial charge in [0.25, 0.3) is 11.8 Å². The van der Waals surface area contributed by atoms with E-state index < -0.39 is 29.7 Å². The molecule has 1 unspecified atom stereocenters. The van der Waals surface area contributed by atoms with Gasteiger partial charge in [0.2, 0.25) is 5.91 Å². The summed E-state index contributed by atoms with van der Waals surface area (Å²) in [6.07, 6.45) is 1.64. The van der Waals surface area contributed by atoms with Crippen LogP contribution < -0.4 is 10.6 Å². The van der Waals surface area contributed by atoms with E-state index in [4.69, 9.17) is 11.3 Å². The van der Waals surface area contributed by atoms with Crippen LogP contribution in [0.4, 0.5) is 4.39 Å². The van der Waals surface area contributed by atoms with Crippen LogP contribution in [0.2, 0.25) is 0 Å². The first-order valence-corrected chi connectivity index (χ1v) is 10.6. The average Bonchev–Trinajstić information content (AvgIpc) is 3.09. The summed E-state index contributed by atoms with van der Waals surface area (Å²) in [5.74, 6) is -1.19. The lowest BCUT2D eigenvalue weighted by molar-refractivity contribution is -0.133. The van der Waals surface area contributed by atoms with Crippen molar-refractivity contribution in [1.82, 2.24) is 20.5 Å². The zero-order valence-corrected chi connectivity index (χ0v) is 18.7. The van der Waals surface area contributed by atoms with E-state index >= 15 is 0 Å². The Labute approximate surface area is 187 Å². The summed E-state index contributed by atoms with van der Waals surface area (Å²) in [6.45, 7) is 13.0. The van der Waals surface area contributed by atoms with Crippen LogP contribution in [0.5, 0.6) is 0 Å². The Kier molecular flexibility index (Phi) is 9.08. The molecular formula is C22H30FN5O4. The van der Waals surface area contributed by atoms with Gasteiger partial charge in [0.15, 0.2) is 0 Å². The zero-order valence-electron chi connectivity index (χ0n) is 18.7. The van der Waals surface area contributed by atoms with Crippen LogP contribution >= 0.6 is 0 Å². The van der Waals surface area contributed by atoms with Gasteiger partial charge in [-0.1, -0.05) is 6.92 Å². The Balaban J connectivity index is 1.90. The fourth-order valence-electron chi connectivity index (χ4n) is 3.35. The van der Waals surface area contributed by atoms with Crippen molar-refractivity contribution in [1.29, 1.82) is 0 Å². The fraction of sp³-hybridized carbons (Fsp3) is 0.591. The van der Waals surface area contributed by atoms with E-state index in [1.807, 2.05) is 6.92 Å². The van der Waals surface area contributed by atoms with E-state index in [-0.39, 0.29) is 37.4 Å². The molecule has 3 atom stereocenters. The highest BCUT2D eigenvalue weighted by Crippen LogP contribution is 2.31. The van der Waals surface area contributed by atoms with Crippen molar-refractivity contribution in [3.63, 3.8) is 0 Å². The highest BCUT2D eigenvalue weighted by Gasteiger charge is 2.48. The van der Waals surface area contributed by atoms with Crippen molar-refractivity contribution in [2.45, 2.75) is 64.5 Å². The third-order valence-corrected chi connectivity index (χ3v) is 4.99. The van der Waals surface area contributed by atoms with E-state index in [1.54, 1.807) is 0 Å². The number of likely N-dealkylation sites (tertiary alicyclic amines) is 1. The van der Waals surface area contributed by atoms with Crippen molar-refractivity contribution in [3.8, 4) is 0 Å². The number of pyridine rings is 1. The van der Waals surface area contributed by atoms with Gasteiger partial charge in [-0.25, -0.2) is 11.0 Å². The number of hydrogen-bond acceptors (Lipinski definition) is 5. The number of aromatic nitrogens is 1. The van der Waals surface area contributed by atoms with Gasteiger partial charge in [-0.15, -0.1) is 0 Å². The predicted octanol–water partition coefficient (Wildman–Crippen LogP) is 1.84. The van der Waals surface area contributed by atoms with Gasteiger partial charge < -0.3 is 15.4 Å². The van der Waals surface area contributed by atoms with Crippen LogP contribution in [0.15, 0.2) is 18.3 Å². The van der Waals surface area contributed by atoms with Crippen molar-refractivity contribution in [2.24, 2.45) is 0 Å². The second-order valence-corrected chi connectivity index (χ2v) is 8.06. The Morgan fingerprint density at radius 2 is 2.19 bits per heavy atom. The number of nitrogens with one attached hydrogen (secondary N) is 2. The maximum Gasteiger partial charge on any atom is 0.303 e. The lowest BCUT2D eigenvalue weighted by Gasteiger charge is -2.22. The van der Waals surface area contributed by atoms with Crippen molar-refractivity contribution >= 4 is 17.7 Å². The molecule has 3 amide bonds. The molecular weight excluding hydrogens is 417 g/mol. The molecule has 0 aromatic carbocycles. The van der Waals surface area contributed by atoms with Crippen LogP contribution in [-0.4, -0.2) is 65.2 Å². The molecule has 2 N–H and O–H groups in total. The molecule has 32 heavy (non-hydrogen) atoms. The number of ether oxygens (including phenoxy) is 1. The van der Waals surface area contributed by atoms with Gasteiger partial charge in [-0.2, -0.15) is 0 Å². The van der Waals surface area contributed by atoms with Crippen molar-refractivity contribution < 1.29 is 23.5 Å². The van der Waals surface area contributed by atoms with Crippen LogP contribution in [0.25, 0.3) is 4.85 Å². The maximum atomic E-state index is 14.3. The fourth-order valence-corrected chi connectivity index (χ4v) is 3.35. The Bertz CT molecular complexity index is 870. The molecule has 0 aliphatic carbocycles. The number of carbonyl (C=O) groups is 3. The van der Waals surface area contributed by atoms with Gasteiger partial charge in [-0.05, 0) is 32.4 Å². The normalized spacial score (nSPS) is 21.0. The summed E-state index contributed by atoms with van der Waals surface area (Å²) in [4.78, 5) is 45.8. The van der Waals surface area contributed by atoms with Gasteiger partial charge in [0, 0.05) is 24.8 Å². The van der Waals surface area contributed by atoms with E-state index in [1.165, 1.54) is 37.1 Å². The summed E-state index contributed by atoms with van der Waals surface area (Å²) in [7, 11) is 0. The second kappa shape index (κ2) is 11.5. The smallest absolute Gasteiger partial charge is 0.303 e. The SMILES string of the molecule is [C-]#[N+][C@@H]1CC(C)(F)CN1C(=O)[C@H](C)NC(=O)c1ccnc(CNC(=O)CCOCCC)c1. The summed E-state index contributed by atoms with van der Waals surface area (Å²) < 4.78 is 19.5. The van der Waals surface area contributed by atoms with E-state index in [0.29, 0.717) is 18.9 Å². The highest BCUT2D eigenvalue weighted by molar-refractivity contribution is 5.97. The second-order valence-electron chi connectivity index (χ2n) is 8.06. The first-order valence-electron chi connectivity index (χ1n) is 10.6. The minimum Gasteiger partial charge on any atom is -0.381 e. The van der Waals surface area contributed by atoms with Crippen LogP contribution in [0.3, 0.4) is 0 Å². The van der Waals surface area contributed by atoms with Gasteiger partial charge in [0.05, 0.1) is 31.8 Å². The molecule has 1 aliphatic rings. The minimum atomic E-state index is -1.62. The molecule has 1 saturated heterocycles. The van der Waals surface area contributed by atoms with Crippen LogP contribution in [-0.2, 0) is 20.9 Å². The number of alkyl halides is 1. The third-order valence-electron chi connectivity index (χ3n) is 4.99. The van der Waals surface area contributed by atoms with Crippen LogP contribution in [0.1, 0.15) is 56.1 Å². The van der Waals surface area contributed by atoms with Crippen molar-refractivity contribution in [3.05, 3.63) is 41.0 Å². The summed E-state index contributed by atoms with van der Waals surface area (Å²) in [6, 6.07) is 2.09. The molecule has 0 saturated carbocycles. The standard InChI is InChI=1S/C22H30FN5O4/c1-5-9-32-10-7-19(29)26-13-17-11-16(6-8-25-17)20(30)27-15(2)21(31)28-14-22(3,23)12-18(28)24-4/h6,8,11,15,18H,5,7,9-10,12-14H2,1-3H3,(H,26,29)(H,27,30)/t15-,18-,22?/m0/s1. The summed E-state index contributed by atoms with van der Waals surface area (Å²) in [5, 5.41) is 5.31. The quantitative estimate of drug-likeness (QED) is 0.421. The number of amides is 3. The zero-order chi connectivity index (χ0) is 23.7. The number of nitrogens with zero attached hydrogens (tertiary/aromatic N) is 3. The van der Waals surface area contributed by atoms with E-state index in [0.717, 1.165) is 6.42 Å². The van der Waals surface area contributed by atoms with Crippen LogP contribution in [0, 0.1) is 6.57 Å². The highest BCUT2D eigenvalue weighted by atomic mass is 19.1. The molecule has 1 aromatic rings. The van der Waals surface area contributed by atoms with Gasteiger partial charge >= 0.3 is 6.17 Å². The number of hydrogen-bond donors (Lipinski definition) is 2. The maximum absolute atomic E-state index is 14.3. The first-order chi connectivity index (χ1) is 15.2. The number of carbonyl (C=O) groups excluding carboxylic acids is 3. The first kappa shape index (κ1) is 25.2. The topological polar surface area (TPSA) is 105 Å². The summed E-state index contributed by atoms with van der Waals surface area (Å²) >= 11 is 0. The molecule has 174 valence electrons. The van der Waals surface area contributed by atoms with Gasteiger partial charge in [0.1, 0.15) is 11.7 Å². The average molecular weight is 448 g/mol. The molecule has 9 nitrogen and oxygen atoms in total. The Morgan fingerprint density at radius 1 is 1.44 bits per heavy atom. The minimum absolute atomic E-state index is 0.0485. The summed E-state index contributed by atoms with van der Waals surface area (Å²) in [5.41, 5.74) is -0.866. The Hall–Kier alpha value is -3.06. The molecule has 1 aliphatic heterocycles.